The van der Waals surface area contributed by atoms with Crippen molar-refractivity contribution in [3.05, 3.63) is 41.4 Å². The second-order valence-corrected chi connectivity index (χ2v) is 7.39. The summed E-state index contributed by atoms with van der Waals surface area (Å²) in [6.45, 7) is 2.79. The van der Waals surface area contributed by atoms with Crippen molar-refractivity contribution in [1.82, 2.24) is 4.98 Å². The Balaban J connectivity index is 1.67. The van der Waals surface area contributed by atoms with Crippen molar-refractivity contribution in [3.8, 4) is 0 Å². The molecule has 27 heavy (non-hydrogen) atoms. The maximum atomic E-state index is 13.0. The summed E-state index contributed by atoms with van der Waals surface area (Å²) >= 11 is 0. The molecule has 0 aromatic carbocycles. The number of Topliss-reactive ketones (excluding diaryl/α,β-unsaturated/α-hetero) is 1. The first kappa shape index (κ1) is 18.0. The molecule has 0 spiro atoms. The number of allylic oxidation sites excluding steroid dienone is 1. The Morgan fingerprint density at radius 2 is 2.04 bits per heavy atom. The number of carbonyl (C=O) groups excluding carboxylic acids is 2. The molecular formula is C21H24N2O4. The van der Waals surface area contributed by atoms with Gasteiger partial charge in [0.1, 0.15) is 12.4 Å². The summed E-state index contributed by atoms with van der Waals surface area (Å²) in [7, 11) is 0. The summed E-state index contributed by atoms with van der Waals surface area (Å²) in [5.41, 5.74) is 2.93. The Morgan fingerprint density at radius 3 is 2.78 bits per heavy atom. The predicted octanol–water partition coefficient (Wildman–Crippen LogP) is 2.99. The van der Waals surface area contributed by atoms with Crippen LogP contribution in [0.15, 0.2) is 40.8 Å². The van der Waals surface area contributed by atoms with E-state index in [9.17, 15) is 9.59 Å². The lowest BCUT2D eigenvalue weighted by atomic mass is 9.69. The summed E-state index contributed by atoms with van der Waals surface area (Å²) in [6.07, 6.45) is 7.40. The number of ketones is 1. The number of fused-ring (bicyclic) bond motifs is 1. The smallest absolute Gasteiger partial charge is 0.336 e. The van der Waals surface area contributed by atoms with Crippen LogP contribution in [0.3, 0.4) is 0 Å². The van der Waals surface area contributed by atoms with Crippen LogP contribution in [0.1, 0.15) is 50.5 Å². The molecule has 1 aromatic rings. The van der Waals surface area contributed by atoms with Crippen LogP contribution in [-0.4, -0.2) is 41.8 Å². The van der Waals surface area contributed by atoms with Gasteiger partial charge in [0.25, 0.3) is 0 Å². The number of rotatable bonds is 4. The monoisotopic (exact) mass is 368 g/mol. The number of nitrogens with zero attached hydrogens (tertiary/aromatic N) is 2. The molecule has 0 unspecified atom stereocenters. The molecule has 1 aromatic heterocycles. The van der Waals surface area contributed by atoms with Crippen molar-refractivity contribution in [2.24, 2.45) is 10.9 Å². The molecule has 1 saturated heterocycles. The molecule has 4 rings (SSSR count). The second kappa shape index (κ2) is 7.72. The van der Waals surface area contributed by atoms with Crippen molar-refractivity contribution < 1.29 is 19.1 Å². The third-order valence-corrected chi connectivity index (χ3v) is 5.62. The molecule has 6 nitrogen and oxygen atoms in total. The van der Waals surface area contributed by atoms with E-state index in [1.165, 1.54) is 0 Å². The maximum Gasteiger partial charge on any atom is 0.336 e. The third-order valence-electron chi connectivity index (χ3n) is 5.62. The van der Waals surface area contributed by atoms with Crippen molar-refractivity contribution in [1.29, 1.82) is 0 Å². The lowest BCUT2D eigenvalue weighted by Crippen LogP contribution is -2.39. The molecule has 3 heterocycles. The zero-order valence-electron chi connectivity index (χ0n) is 15.5. The van der Waals surface area contributed by atoms with E-state index in [0.717, 1.165) is 37.0 Å². The van der Waals surface area contributed by atoms with E-state index in [1.54, 1.807) is 12.4 Å². The quantitative estimate of drug-likeness (QED) is 0.764. The van der Waals surface area contributed by atoms with Crippen molar-refractivity contribution in [2.75, 3.05) is 13.2 Å². The van der Waals surface area contributed by atoms with Crippen LogP contribution in [-0.2, 0) is 19.1 Å². The average Bonchev–Trinajstić information content (AvgIpc) is 3.19. The molecule has 3 aliphatic rings. The minimum atomic E-state index is -0.397. The SMILES string of the molecule is CC1=C(C(=O)OC[C@H]2CCCO2)[C@@H](c2ccncc2)[C@@H]2C(=O)CCCC2=N1. The van der Waals surface area contributed by atoms with Crippen LogP contribution < -0.4 is 0 Å². The number of pyridine rings is 1. The van der Waals surface area contributed by atoms with E-state index < -0.39 is 5.97 Å². The van der Waals surface area contributed by atoms with Gasteiger partial charge in [-0.25, -0.2) is 4.79 Å². The number of aromatic nitrogens is 1. The van der Waals surface area contributed by atoms with Crippen LogP contribution >= 0.6 is 0 Å². The predicted molar refractivity (Wildman–Crippen MR) is 99.4 cm³/mol. The van der Waals surface area contributed by atoms with Gasteiger partial charge in [-0.05, 0) is 50.3 Å². The molecule has 3 atom stereocenters. The minimum Gasteiger partial charge on any atom is -0.460 e. The van der Waals surface area contributed by atoms with E-state index in [-0.39, 0.29) is 30.3 Å². The fraction of sp³-hybridized carbons (Fsp3) is 0.524. The largest absolute Gasteiger partial charge is 0.460 e. The molecule has 1 aliphatic carbocycles. The van der Waals surface area contributed by atoms with Gasteiger partial charge in [0.15, 0.2) is 0 Å². The summed E-state index contributed by atoms with van der Waals surface area (Å²) in [5.74, 6) is -0.981. The Morgan fingerprint density at radius 1 is 1.22 bits per heavy atom. The number of ether oxygens (including phenoxy) is 2. The Hall–Kier alpha value is -2.34. The minimum absolute atomic E-state index is 0.0341. The molecule has 0 amide bonds. The first-order valence-corrected chi connectivity index (χ1v) is 9.64. The van der Waals surface area contributed by atoms with Gasteiger partial charge in [0.05, 0.1) is 17.6 Å². The maximum absolute atomic E-state index is 13.0. The highest BCUT2D eigenvalue weighted by molar-refractivity contribution is 6.11. The highest BCUT2D eigenvalue weighted by Gasteiger charge is 2.43. The van der Waals surface area contributed by atoms with Crippen molar-refractivity contribution in [2.45, 2.75) is 51.0 Å². The normalized spacial score (nSPS) is 28.0. The zero-order valence-corrected chi connectivity index (χ0v) is 15.5. The molecule has 0 radical (unpaired) electrons. The molecule has 2 fully saturated rings. The molecule has 1 saturated carbocycles. The zero-order chi connectivity index (χ0) is 18.8. The first-order valence-electron chi connectivity index (χ1n) is 9.64. The highest BCUT2D eigenvalue weighted by Crippen LogP contribution is 2.42. The Bertz CT molecular complexity index is 794. The average molecular weight is 368 g/mol. The van der Waals surface area contributed by atoms with Crippen molar-refractivity contribution in [3.63, 3.8) is 0 Å². The molecule has 142 valence electrons. The topological polar surface area (TPSA) is 77.9 Å². The van der Waals surface area contributed by atoms with Crippen LogP contribution in [0.2, 0.25) is 0 Å². The van der Waals surface area contributed by atoms with Gasteiger partial charge in [-0.1, -0.05) is 0 Å². The molecule has 6 heteroatoms. The van der Waals surface area contributed by atoms with Crippen LogP contribution in [0.25, 0.3) is 0 Å². The van der Waals surface area contributed by atoms with E-state index in [4.69, 9.17) is 9.47 Å². The number of carbonyl (C=O) groups is 2. The number of hydrogen-bond donors (Lipinski definition) is 0. The van der Waals surface area contributed by atoms with Crippen LogP contribution in [0.5, 0.6) is 0 Å². The molecule has 2 aliphatic heterocycles. The standard InChI is InChI=1S/C21H24N2O4/c1-13-18(21(25)27-12-15-4-3-11-26-15)19(14-7-9-22-10-8-14)20-16(23-13)5-2-6-17(20)24/h7-10,15,19-20H,2-6,11-12H2,1H3/t15-,19-,20+/m1/s1. The van der Waals surface area contributed by atoms with Gasteiger partial charge in [0, 0.05) is 42.7 Å². The highest BCUT2D eigenvalue weighted by atomic mass is 16.6. The Kier molecular flexibility index (Phi) is 5.16. The molecular weight excluding hydrogens is 344 g/mol. The summed E-state index contributed by atoms with van der Waals surface area (Å²) < 4.78 is 11.1. The lowest BCUT2D eigenvalue weighted by molar-refractivity contribution is -0.142. The van der Waals surface area contributed by atoms with Gasteiger partial charge in [-0.15, -0.1) is 0 Å². The fourth-order valence-corrected chi connectivity index (χ4v) is 4.34. The van der Waals surface area contributed by atoms with Gasteiger partial charge >= 0.3 is 5.97 Å². The van der Waals surface area contributed by atoms with Gasteiger partial charge in [-0.2, -0.15) is 0 Å². The van der Waals surface area contributed by atoms with Crippen LogP contribution in [0, 0.1) is 5.92 Å². The van der Waals surface area contributed by atoms with E-state index >= 15 is 0 Å². The van der Waals surface area contributed by atoms with Gasteiger partial charge < -0.3 is 9.47 Å². The van der Waals surface area contributed by atoms with Crippen molar-refractivity contribution >= 4 is 17.5 Å². The molecule has 0 N–H and O–H groups in total. The summed E-state index contributed by atoms with van der Waals surface area (Å²) in [5, 5.41) is 0. The van der Waals surface area contributed by atoms with Gasteiger partial charge in [-0.3, -0.25) is 14.8 Å². The van der Waals surface area contributed by atoms with E-state index in [2.05, 4.69) is 9.98 Å². The first-order chi connectivity index (χ1) is 13.1. The van der Waals surface area contributed by atoms with Crippen LogP contribution in [0.4, 0.5) is 0 Å². The second-order valence-electron chi connectivity index (χ2n) is 7.39. The summed E-state index contributed by atoms with van der Waals surface area (Å²) in [6, 6.07) is 3.74. The number of esters is 1. The third kappa shape index (κ3) is 3.58. The Labute approximate surface area is 158 Å². The van der Waals surface area contributed by atoms with E-state index in [0.29, 0.717) is 24.3 Å². The summed E-state index contributed by atoms with van der Waals surface area (Å²) in [4.78, 5) is 34.5. The van der Waals surface area contributed by atoms with Gasteiger partial charge in [0.2, 0.25) is 0 Å². The number of aliphatic imine (C=N–C) groups is 1. The lowest BCUT2D eigenvalue weighted by Gasteiger charge is -2.35. The number of hydrogen-bond acceptors (Lipinski definition) is 6. The fourth-order valence-electron chi connectivity index (χ4n) is 4.34. The van der Waals surface area contributed by atoms with E-state index in [1.807, 2.05) is 19.1 Å². The molecule has 0 bridgehead atoms.